The summed E-state index contributed by atoms with van der Waals surface area (Å²) in [7, 11) is 0. The fourth-order valence-electron chi connectivity index (χ4n) is 6.66. The minimum Gasteiger partial charge on any atom is -0.456 e. The molecular formula is C21H28O5. The second-order valence-corrected chi connectivity index (χ2v) is 9.15. The molecule has 0 aromatic heterocycles. The van der Waals surface area contributed by atoms with E-state index in [1.54, 1.807) is 6.08 Å². The van der Waals surface area contributed by atoms with Crippen LogP contribution in [0.2, 0.25) is 0 Å². The summed E-state index contributed by atoms with van der Waals surface area (Å²) in [6, 6.07) is 0. The van der Waals surface area contributed by atoms with Crippen LogP contribution in [-0.4, -0.2) is 35.4 Å². The molecule has 4 rings (SSSR count). The molecule has 5 nitrogen and oxygen atoms in total. The van der Waals surface area contributed by atoms with Gasteiger partial charge in [0.1, 0.15) is 18.5 Å². The zero-order chi connectivity index (χ0) is 18.7. The van der Waals surface area contributed by atoms with Gasteiger partial charge in [0.25, 0.3) is 0 Å². The highest BCUT2D eigenvalue weighted by atomic mass is 16.6. The molecule has 0 spiro atoms. The lowest BCUT2D eigenvalue weighted by atomic mass is 9.47. The molecule has 0 amide bonds. The molecule has 3 fully saturated rings. The topological polar surface area (TPSA) is 80.7 Å². The lowest BCUT2D eigenvalue weighted by Gasteiger charge is -2.58. The number of fused-ring (bicyclic) bond motifs is 5. The number of carbonyl (C=O) groups is 3. The van der Waals surface area contributed by atoms with Gasteiger partial charge in [0.05, 0.1) is 0 Å². The van der Waals surface area contributed by atoms with Gasteiger partial charge in [-0.2, -0.15) is 0 Å². The van der Waals surface area contributed by atoms with Crippen molar-refractivity contribution in [1.82, 2.24) is 0 Å². The third-order valence-electron chi connectivity index (χ3n) is 8.07. The van der Waals surface area contributed by atoms with Crippen molar-refractivity contribution in [3.05, 3.63) is 11.6 Å². The molecule has 0 aromatic carbocycles. The van der Waals surface area contributed by atoms with Gasteiger partial charge >= 0.3 is 5.97 Å². The number of ketones is 2. The molecule has 0 aliphatic heterocycles. The quantitative estimate of drug-likeness (QED) is 0.766. The van der Waals surface area contributed by atoms with Crippen LogP contribution >= 0.6 is 0 Å². The Balaban J connectivity index is 1.73. The van der Waals surface area contributed by atoms with Gasteiger partial charge in [0.2, 0.25) is 0 Å². The Morgan fingerprint density at radius 2 is 1.88 bits per heavy atom. The first-order chi connectivity index (χ1) is 12.3. The predicted molar refractivity (Wildman–Crippen MR) is 94.1 cm³/mol. The highest BCUT2D eigenvalue weighted by Crippen LogP contribution is 2.64. The Morgan fingerprint density at radius 1 is 1.15 bits per heavy atom. The lowest BCUT2D eigenvalue weighted by molar-refractivity contribution is -0.159. The van der Waals surface area contributed by atoms with Crippen molar-refractivity contribution in [3.8, 4) is 0 Å². The molecule has 3 saturated carbocycles. The zero-order valence-electron chi connectivity index (χ0n) is 15.6. The van der Waals surface area contributed by atoms with E-state index in [0.29, 0.717) is 42.8 Å². The van der Waals surface area contributed by atoms with Crippen molar-refractivity contribution in [3.63, 3.8) is 0 Å². The average molecular weight is 360 g/mol. The maximum Gasteiger partial charge on any atom is 0.332 e. The summed E-state index contributed by atoms with van der Waals surface area (Å²) in [6.45, 7) is 3.68. The van der Waals surface area contributed by atoms with Gasteiger partial charge in [-0.1, -0.05) is 13.8 Å². The van der Waals surface area contributed by atoms with Crippen LogP contribution in [0.4, 0.5) is 0 Å². The number of Topliss-reactive ketones (excluding diaryl/α,β-unsaturated/α-hetero) is 1. The number of hydrogen-bond acceptors (Lipinski definition) is 5. The van der Waals surface area contributed by atoms with Crippen molar-refractivity contribution in [2.75, 3.05) is 6.61 Å². The smallest absolute Gasteiger partial charge is 0.332 e. The first-order valence-corrected chi connectivity index (χ1v) is 9.88. The second kappa shape index (κ2) is 6.01. The summed E-state index contributed by atoms with van der Waals surface area (Å²) < 4.78 is 5.59. The molecule has 1 N–H and O–H groups in total. The van der Waals surface area contributed by atoms with Crippen LogP contribution in [0.25, 0.3) is 0 Å². The van der Waals surface area contributed by atoms with Gasteiger partial charge in [0.15, 0.2) is 5.78 Å². The normalized spacial score (nSPS) is 44.7. The van der Waals surface area contributed by atoms with Gasteiger partial charge in [-0.25, -0.2) is 4.79 Å². The van der Waals surface area contributed by atoms with Gasteiger partial charge < -0.3 is 9.84 Å². The summed E-state index contributed by atoms with van der Waals surface area (Å²) in [6.07, 6.45) is 6.72. The Kier molecular flexibility index (Phi) is 4.14. The van der Waals surface area contributed by atoms with Crippen LogP contribution in [0.1, 0.15) is 58.8 Å². The molecule has 5 heteroatoms. The van der Waals surface area contributed by atoms with Crippen molar-refractivity contribution >= 4 is 17.5 Å². The van der Waals surface area contributed by atoms with Crippen molar-refractivity contribution < 1.29 is 24.2 Å². The summed E-state index contributed by atoms with van der Waals surface area (Å²) in [5.41, 5.74) is 0.531. The SMILES string of the molecule is C[C@]12CCC(=O)C=C1[C@H](OC(=O)CO)C[C@@H]1[C@@H]2CC[C@]2(C)C(=O)CC[C@@H]12. The largest absolute Gasteiger partial charge is 0.456 e. The number of esters is 1. The average Bonchev–Trinajstić information content (AvgIpc) is 2.91. The van der Waals surface area contributed by atoms with E-state index in [0.717, 1.165) is 31.3 Å². The Labute approximate surface area is 154 Å². The van der Waals surface area contributed by atoms with Gasteiger partial charge in [-0.3, -0.25) is 9.59 Å². The van der Waals surface area contributed by atoms with E-state index in [-0.39, 0.29) is 16.6 Å². The zero-order valence-corrected chi connectivity index (χ0v) is 15.6. The molecular weight excluding hydrogens is 332 g/mol. The Hall–Kier alpha value is -1.49. The summed E-state index contributed by atoms with van der Waals surface area (Å²) in [5.74, 6) is 0.922. The molecule has 0 radical (unpaired) electrons. The van der Waals surface area contributed by atoms with Crippen LogP contribution in [-0.2, 0) is 19.1 Å². The van der Waals surface area contributed by atoms with Crippen LogP contribution < -0.4 is 0 Å². The maximum atomic E-state index is 12.5. The first kappa shape index (κ1) is 17.9. The number of aliphatic hydroxyl groups excluding tert-OH is 1. The lowest BCUT2D eigenvalue weighted by Crippen LogP contribution is -2.54. The molecule has 0 heterocycles. The van der Waals surface area contributed by atoms with E-state index in [2.05, 4.69) is 13.8 Å². The monoisotopic (exact) mass is 360 g/mol. The maximum absolute atomic E-state index is 12.5. The molecule has 0 saturated heterocycles. The van der Waals surface area contributed by atoms with Crippen molar-refractivity contribution in [2.45, 2.75) is 64.9 Å². The van der Waals surface area contributed by atoms with E-state index in [1.165, 1.54) is 0 Å². The highest BCUT2D eigenvalue weighted by Gasteiger charge is 2.61. The van der Waals surface area contributed by atoms with Gasteiger partial charge in [-0.05, 0) is 66.9 Å². The molecule has 0 aromatic rings. The third kappa shape index (κ3) is 2.43. The van der Waals surface area contributed by atoms with Gasteiger partial charge in [0, 0.05) is 18.3 Å². The van der Waals surface area contributed by atoms with Crippen molar-refractivity contribution in [1.29, 1.82) is 0 Å². The molecule has 0 unspecified atom stereocenters. The molecule has 4 aliphatic rings. The molecule has 142 valence electrons. The highest BCUT2D eigenvalue weighted by molar-refractivity contribution is 5.92. The van der Waals surface area contributed by atoms with Crippen LogP contribution in [0, 0.1) is 28.6 Å². The summed E-state index contributed by atoms with van der Waals surface area (Å²) in [4.78, 5) is 36.4. The number of rotatable bonds is 2. The van der Waals surface area contributed by atoms with E-state index in [9.17, 15) is 14.4 Å². The van der Waals surface area contributed by atoms with E-state index >= 15 is 0 Å². The number of aliphatic hydroxyl groups is 1. The number of ether oxygens (including phenoxy) is 1. The number of hydrogen-bond donors (Lipinski definition) is 1. The fraction of sp³-hybridized carbons (Fsp3) is 0.762. The van der Waals surface area contributed by atoms with Crippen LogP contribution in [0.3, 0.4) is 0 Å². The third-order valence-corrected chi connectivity index (χ3v) is 8.07. The van der Waals surface area contributed by atoms with Crippen molar-refractivity contribution in [2.24, 2.45) is 28.6 Å². The van der Waals surface area contributed by atoms with E-state index < -0.39 is 18.7 Å². The predicted octanol–water partition coefficient (Wildman–Crippen LogP) is 2.60. The van der Waals surface area contributed by atoms with Crippen LogP contribution in [0.15, 0.2) is 11.6 Å². The minimum atomic E-state index is -0.651. The summed E-state index contributed by atoms with van der Waals surface area (Å²) >= 11 is 0. The van der Waals surface area contributed by atoms with E-state index in [4.69, 9.17) is 9.84 Å². The minimum absolute atomic E-state index is 0.0951. The molecule has 0 bridgehead atoms. The fourth-order valence-corrected chi connectivity index (χ4v) is 6.66. The Morgan fingerprint density at radius 3 is 2.62 bits per heavy atom. The second-order valence-electron chi connectivity index (χ2n) is 9.15. The van der Waals surface area contributed by atoms with Gasteiger partial charge in [-0.15, -0.1) is 0 Å². The standard InChI is InChI=1S/C21H28O5/c1-20-7-5-12(23)9-16(20)17(26-19(25)11-22)10-13-14-3-4-18(24)21(14,2)8-6-15(13)20/h9,13-15,17,22H,3-8,10-11H2,1-2H3/t13-,14-,15-,17+,20+,21-/m0/s1. The molecule has 6 atom stereocenters. The number of carbonyl (C=O) groups excluding carboxylic acids is 3. The van der Waals surface area contributed by atoms with E-state index in [1.807, 2.05) is 0 Å². The molecule has 26 heavy (non-hydrogen) atoms. The summed E-state index contributed by atoms with van der Waals surface area (Å²) in [5, 5.41) is 9.13. The molecule has 4 aliphatic carbocycles. The van der Waals surface area contributed by atoms with Crippen LogP contribution in [0.5, 0.6) is 0 Å². The first-order valence-electron chi connectivity index (χ1n) is 9.88. The Bertz CT molecular complexity index is 695.